The lowest BCUT2D eigenvalue weighted by Crippen LogP contribution is -2.40. The summed E-state index contributed by atoms with van der Waals surface area (Å²) in [7, 11) is 0. The van der Waals surface area contributed by atoms with Gasteiger partial charge in [0.25, 0.3) is 0 Å². The van der Waals surface area contributed by atoms with Crippen LogP contribution in [0.25, 0.3) is 22.6 Å². The third-order valence-corrected chi connectivity index (χ3v) is 8.91. The van der Waals surface area contributed by atoms with Gasteiger partial charge in [-0.1, -0.05) is 31.2 Å². The maximum atomic E-state index is 11.9. The molecule has 3 aliphatic heterocycles. The number of aliphatic carboxylic acids is 1. The number of carboxylic acid groups (broad SMARTS) is 1. The zero-order chi connectivity index (χ0) is 32.5. The molecule has 240 valence electrons. The van der Waals surface area contributed by atoms with E-state index in [0.29, 0.717) is 0 Å². The van der Waals surface area contributed by atoms with E-state index in [-0.39, 0.29) is 11.8 Å². The molecule has 0 atom stereocenters. The first-order valence-corrected chi connectivity index (χ1v) is 16.1. The first kappa shape index (κ1) is 32.4. The van der Waals surface area contributed by atoms with Gasteiger partial charge in [-0.05, 0) is 91.2 Å². The van der Waals surface area contributed by atoms with Gasteiger partial charge in [0.15, 0.2) is 5.65 Å². The summed E-state index contributed by atoms with van der Waals surface area (Å²) in [5.74, 6) is 1.09. The van der Waals surface area contributed by atoms with Crippen LogP contribution < -0.4 is 4.90 Å². The van der Waals surface area contributed by atoms with Gasteiger partial charge >= 0.3 is 5.97 Å². The predicted octanol–water partition coefficient (Wildman–Crippen LogP) is 6.80. The number of hydrogen-bond donors (Lipinski definition) is 2. The van der Waals surface area contributed by atoms with Crippen LogP contribution in [0.1, 0.15) is 88.3 Å². The molecule has 0 aliphatic carbocycles. The molecule has 1 saturated heterocycles. The van der Waals surface area contributed by atoms with Crippen molar-refractivity contribution in [2.24, 2.45) is 5.41 Å². The third-order valence-electron chi connectivity index (χ3n) is 8.91. The fraction of sp³-hybridized carbons (Fsp3) is 0.500. The van der Waals surface area contributed by atoms with Crippen LogP contribution in [0.2, 0.25) is 0 Å². The van der Waals surface area contributed by atoms with Crippen LogP contribution in [0, 0.1) is 26.2 Å². The molecule has 4 aromatic rings. The second-order valence-electron chi connectivity index (χ2n) is 14.0. The molecule has 3 aromatic heterocycles. The highest BCUT2D eigenvalue weighted by atomic mass is 16.4. The fourth-order valence-corrected chi connectivity index (χ4v) is 6.34. The second kappa shape index (κ2) is 12.8. The largest absolute Gasteiger partial charge is 0.481 e. The van der Waals surface area contributed by atoms with Gasteiger partial charge in [0.05, 0.1) is 23.4 Å². The summed E-state index contributed by atoms with van der Waals surface area (Å²) in [6.45, 7) is 15.5. The summed E-state index contributed by atoms with van der Waals surface area (Å²) in [4.78, 5) is 24.0. The second-order valence-corrected chi connectivity index (χ2v) is 14.0. The number of benzene rings is 1. The molecule has 1 fully saturated rings. The molecule has 0 spiro atoms. The molecule has 9 nitrogen and oxygen atoms in total. The summed E-state index contributed by atoms with van der Waals surface area (Å²) in [5.41, 5.74) is 7.07. The van der Waals surface area contributed by atoms with Gasteiger partial charge in [-0.2, -0.15) is 9.61 Å². The molecule has 0 unspecified atom stereocenters. The molecule has 2 N–H and O–H groups in total. The Bertz CT molecular complexity index is 1710. The summed E-state index contributed by atoms with van der Waals surface area (Å²) in [6, 6.07) is 10.5. The van der Waals surface area contributed by atoms with Gasteiger partial charge in [-0.3, -0.25) is 4.79 Å². The van der Waals surface area contributed by atoms with Gasteiger partial charge in [-0.25, -0.2) is 9.97 Å². The molecule has 6 bridgehead atoms. The number of fused-ring (bicyclic) bond motifs is 6. The maximum absolute atomic E-state index is 11.9. The molecule has 0 amide bonds. The summed E-state index contributed by atoms with van der Waals surface area (Å²) in [6.07, 6.45) is 10.8. The Labute approximate surface area is 266 Å². The van der Waals surface area contributed by atoms with Gasteiger partial charge < -0.3 is 19.7 Å². The van der Waals surface area contributed by atoms with Gasteiger partial charge in [0.1, 0.15) is 11.6 Å². The van der Waals surface area contributed by atoms with Crippen molar-refractivity contribution in [3.05, 3.63) is 71.0 Å². The molecule has 6 heterocycles. The van der Waals surface area contributed by atoms with Crippen LogP contribution in [0.3, 0.4) is 0 Å². The highest BCUT2D eigenvalue weighted by Gasteiger charge is 2.32. The number of anilines is 1. The standard InChI is InChI=1S/C32H38N6O2.C4H10O/c1-21-23(3)37-25-11-9-10-24(18-25)27-20-29-34-22(2)26(19-30(39)40)31(38(29)35-27)36-16-14-32(4,15-17-36)13-8-6-5-7-12-28(37)33-21;1-4(2,3)5/h5-6,9-11,18,20H,7-8,12-17,19H2,1-4H3,(H,39,40);5H,1-3H3/b6-5+;. The quantitative estimate of drug-likeness (QED) is 0.240. The van der Waals surface area contributed by atoms with E-state index in [9.17, 15) is 9.90 Å². The van der Waals surface area contributed by atoms with E-state index in [1.54, 1.807) is 20.8 Å². The Morgan fingerprint density at radius 1 is 0.978 bits per heavy atom. The number of allylic oxidation sites excluding steroid dienone is 2. The molecule has 0 saturated carbocycles. The number of nitrogens with zero attached hydrogens (tertiary/aromatic N) is 6. The average Bonchev–Trinajstić information content (AvgIpc) is 3.50. The van der Waals surface area contributed by atoms with Gasteiger partial charge in [-0.15, -0.1) is 0 Å². The van der Waals surface area contributed by atoms with E-state index in [1.165, 1.54) is 0 Å². The van der Waals surface area contributed by atoms with Crippen LogP contribution in [0.15, 0.2) is 42.5 Å². The number of piperidine rings is 1. The topological polar surface area (TPSA) is 109 Å². The summed E-state index contributed by atoms with van der Waals surface area (Å²) >= 11 is 0. The van der Waals surface area contributed by atoms with Crippen molar-refractivity contribution >= 4 is 17.4 Å². The first-order valence-electron chi connectivity index (χ1n) is 16.1. The number of aromatic nitrogens is 5. The lowest BCUT2D eigenvalue weighted by atomic mass is 9.76. The van der Waals surface area contributed by atoms with Crippen LogP contribution >= 0.6 is 0 Å². The van der Waals surface area contributed by atoms with Gasteiger partial charge in [0, 0.05) is 53.8 Å². The van der Waals surface area contributed by atoms with E-state index in [0.717, 1.165) is 108 Å². The number of aryl methyl sites for hydroxylation is 3. The lowest BCUT2D eigenvalue weighted by Gasteiger charge is -2.41. The zero-order valence-corrected chi connectivity index (χ0v) is 27.9. The van der Waals surface area contributed by atoms with Crippen LogP contribution in [-0.2, 0) is 17.6 Å². The molecular weight excluding hydrogens is 564 g/mol. The summed E-state index contributed by atoms with van der Waals surface area (Å²) < 4.78 is 4.15. The summed E-state index contributed by atoms with van der Waals surface area (Å²) in [5, 5.41) is 23.4. The Morgan fingerprint density at radius 3 is 2.36 bits per heavy atom. The Hall–Kier alpha value is -3.98. The highest BCUT2D eigenvalue weighted by Crippen LogP contribution is 2.39. The van der Waals surface area contributed by atoms with Crippen molar-refractivity contribution in [3.63, 3.8) is 0 Å². The zero-order valence-electron chi connectivity index (χ0n) is 27.9. The molecular formula is C36H48N6O3. The average molecular weight is 613 g/mol. The number of imidazole rings is 1. The van der Waals surface area contributed by atoms with Crippen molar-refractivity contribution in [2.75, 3.05) is 18.0 Å². The third kappa shape index (κ3) is 7.47. The minimum absolute atomic E-state index is 0.0740. The van der Waals surface area contributed by atoms with Crippen molar-refractivity contribution in [3.8, 4) is 16.9 Å². The molecule has 3 aliphatic rings. The van der Waals surface area contributed by atoms with Crippen LogP contribution in [0.4, 0.5) is 5.82 Å². The van der Waals surface area contributed by atoms with Crippen LogP contribution in [-0.4, -0.2) is 59.0 Å². The monoisotopic (exact) mass is 612 g/mol. The predicted molar refractivity (Wildman–Crippen MR) is 179 cm³/mol. The maximum Gasteiger partial charge on any atom is 0.308 e. The Morgan fingerprint density at radius 2 is 1.67 bits per heavy atom. The Kier molecular flexibility index (Phi) is 9.21. The molecule has 45 heavy (non-hydrogen) atoms. The highest BCUT2D eigenvalue weighted by molar-refractivity contribution is 5.75. The van der Waals surface area contributed by atoms with Crippen molar-refractivity contribution < 1.29 is 15.0 Å². The molecule has 7 rings (SSSR count). The van der Waals surface area contributed by atoms with E-state index < -0.39 is 11.6 Å². The first-order chi connectivity index (χ1) is 21.2. The SMILES string of the molecule is CC(C)(C)O.Cc1nc2cc3nn2c(c1CC(=O)O)N1CCC(C)(CC/C=C/CCc2nc(C)c(C)n2-c2cccc-3c2)CC1. The van der Waals surface area contributed by atoms with E-state index in [4.69, 9.17) is 20.2 Å². The van der Waals surface area contributed by atoms with Crippen LogP contribution in [0.5, 0.6) is 0 Å². The van der Waals surface area contributed by atoms with E-state index in [2.05, 4.69) is 66.7 Å². The van der Waals surface area contributed by atoms with E-state index in [1.807, 2.05) is 17.5 Å². The normalized spacial score (nSPS) is 17.2. The minimum Gasteiger partial charge on any atom is -0.481 e. The number of carbonyl (C=O) groups is 1. The number of rotatable bonds is 2. The number of aliphatic hydroxyl groups is 1. The number of hydrogen-bond acceptors (Lipinski definition) is 6. The fourth-order valence-electron chi connectivity index (χ4n) is 6.34. The van der Waals surface area contributed by atoms with E-state index >= 15 is 0 Å². The molecule has 1 aromatic carbocycles. The smallest absolute Gasteiger partial charge is 0.308 e. The Balaban J connectivity index is 0.000000743. The van der Waals surface area contributed by atoms with Crippen molar-refractivity contribution in [1.82, 2.24) is 24.1 Å². The van der Waals surface area contributed by atoms with Gasteiger partial charge in [0.2, 0.25) is 0 Å². The minimum atomic E-state index is -0.855. The number of carboxylic acids is 1. The molecule has 0 radical (unpaired) electrons. The lowest BCUT2D eigenvalue weighted by molar-refractivity contribution is -0.136. The van der Waals surface area contributed by atoms with Crippen molar-refractivity contribution in [1.29, 1.82) is 0 Å². The van der Waals surface area contributed by atoms with Crippen molar-refractivity contribution in [2.45, 2.75) is 99.0 Å². The molecule has 9 heteroatoms.